The maximum absolute atomic E-state index is 14.4. The Hall–Kier alpha value is -4.46. The second-order valence-electron chi connectivity index (χ2n) is 13.9. The van der Waals surface area contributed by atoms with Crippen LogP contribution in [0.1, 0.15) is 90.3 Å². The molecular weight excluding hydrogens is 635 g/mol. The molecule has 0 aliphatic carbocycles. The molecule has 5 heterocycles. The molecule has 6 bridgehead atoms. The molecule has 10 heteroatoms. The molecule has 268 valence electrons. The standard InChI is InChI=1S/C34H35FN4O4.C4H10O.C2H6/c1-22-26(19-31(40)41)33-38-13-11-34(2,12-14-38)43-16-5-3-4-15-42-30-10-9-25(35)18-27(30)23-7-6-8-24(17-23)29-21-39(33)32(37-29)28(22)20-36;1-4(2,3)5;1-2/h6-10,17-18,21H,3-5,11-16,19H2,1-2H3,(H,40,41);5H,1-3H3;1-2H3. The molecule has 2 aromatic heterocycles. The highest BCUT2D eigenvalue weighted by Gasteiger charge is 2.34. The van der Waals surface area contributed by atoms with E-state index in [-0.39, 0.29) is 17.8 Å². The number of anilines is 1. The number of aliphatic carboxylic acids is 1. The Bertz CT molecular complexity index is 1820. The van der Waals surface area contributed by atoms with Crippen molar-refractivity contribution in [3.8, 4) is 34.2 Å². The second kappa shape index (κ2) is 16.5. The molecule has 0 radical (unpaired) electrons. The molecule has 3 aliphatic rings. The number of carboxylic acids is 1. The summed E-state index contributed by atoms with van der Waals surface area (Å²) in [4.78, 5) is 19.2. The molecule has 2 N–H and O–H groups in total. The molecule has 0 spiro atoms. The largest absolute Gasteiger partial charge is 0.493 e. The van der Waals surface area contributed by atoms with Gasteiger partial charge in [0.2, 0.25) is 0 Å². The monoisotopic (exact) mass is 686 g/mol. The maximum Gasteiger partial charge on any atom is 0.307 e. The van der Waals surface area contributed by atoms with Gasteiger partial charge in [-0.2, -0.15) is 5.26 Å². The smallest absolute Gasteiger partial charge is 0.307 e. The number of nitriles is 1. The molecule has 1 fully saturated rings. The molecule has 0 atom stereocenters. The number of fused-ring (bicyclic) bond motifs is 8. The summed E-state index contributed by atoms with van der Waals surface area (Å²) in [6.07, 6.45) is 5.98. The van der Waals surface area contributed by atoms with Gasteiger partial charge in [-0.25, -0.2) is 9.37 Å². The van der Waals surface area contributed by atoms with Crippen molar-refractivity contribution < 1.29 is 28.9 Å². The van der Waals surface area contributed by atoms with Crippen LogP contribution in [0.4, 0.5) is 10.2 Å². The van der Waals surface area contributed by atoms with Crippen LogP contribution in [-0.4, -0.2) is 63.1 Å². The lowest BCUT2D eigenvalue weighted by atomic mass is 9.92. The summed E-state index contributed by atoms with van der Waals surface area (Å²) in [5, 5.41) is 28.6. The van der Waals surface area contributed by atoms with Crippen LogP contribution in [-0.2, 0) is 16.0 Å². The topological polar surface area (TPSA) is 120 Å². The molecule has 0 saturated carbocycles. The third kappa shape index (κ3) is 9.40. The van der Waals surface area contributed by atoms with E-state index in [1.165, 1.54) is 12.1 Å². The van der Waals surface area contributed by atoms with E-state index in [0.717, 1.165) is 49.0 Å². The number of aromatic nitrogens is 2. The summed E-state index contributed by atoms with van der Waals surface area (Å²) in [5.41, 5.74) is 4.16. The van der Waals surface area contributed by atoms with Crippen molar-refractivity contribution >= 4 is 17.4 Å². The van der Waals surface area contributed by atoms with Crippen molar-refractivity contribution in [2.75, 3.05) is 31.2 Å². The first-order chi connectivity index (χ1) is 23.8. The van der Waals surface area contributed by atoms with E-state index in [4.69, 9.17) is 19.6 Å². The molecule has 0 unspecified atom stereocenters. The van der Waals surface area contributed by atoms with Crippen molar-refractivity contribution in [2.24, 2.45) is 0 Å². The summed E-state index contributed by atoms with van der Waals surface area (Å²) in [7, 11) is 0. The number of aliphatic hydroxyl groups is 1. The second-order valence-corrected chi connectivity index (χ2v) is 13.9. The number of imidazole rings is 1. The minimum absolute atomic E-state index is 0.207. The van der Waals surface area contributed by atoms with E-state index >= 15 is 0 Å². The van der Waals surface area contributed by atoms with Gasteiger partial charge in [0.25, 0.3) is 0 Å². The molecule has 9 nitrogen and oxygen atoms in total. The van der Waals surface area contributed by atoms with Gasteiger partial charge in [-0.15, -0.1) is 0 Å². The zero-order valence-corrected chi connectivity index (χ0v) is 30.5. The fourth-order valence-electron chi connectivity index (χ4n) is 6.25. The normalized spacial score (nSPS) is 15.8. The van der Waals surface area contributed by atoms with Crippen LogP contribution in [0.15, 0.2) is 48.7 Å². The van der Waals surface area contributed by atoms with E-state index in [9.17, 15) is 19.6 Å². The third-order valence-corrected chi connectivity index (χ3v) is 8.72. The Morgan fingerprint density at radius 3 is 2.38 bits per heavy atom. The predicted molar refractivity (Wildman–Crippen MR) is 195 cm³/mol. The number of nitrogens with zero attached hydrogens (tertiary/aromatic N) is 4. The van der Waals surface area contributed by atoms with Gasteiger partial charge in [0.05, 0.1) is 35.5 Å². The van der Waals surface area contributed by atoms with Crippen LogP contribution in [0.2, 0.25) is 0 Å². The molecular formula is C40H51FN4O5. The SMILES string of the molecule is CC.CC(C)(C)O.Cc1c(CC(=O)O)c2n3cc(nc3c1C#N)-c1cccc(c1)-c1cc(F)ccc1OCCCCCOC1(C)CCN2CC1. The van der Waals surface area contributed by atoms with Crippen LogP contribution >= 0.6 is 0 Å². The molecule has 0 amide bonds. The number of rotatable bonds is 2. The van der Waals surface area contributed by atoms with Gasteiger partial charge in [0.1, 0.15) is 23.5 Å². The highest BCUT2D eigenvalue weighted by Crippen LogP contribution is 2.38. The average molecular weight is 687 g/mol. The number of hydrogen-bond donors (Lipinski definition) is 2. The summed E-state index contributed by atoms with van der Waals surface area (Å²) in [5.74, 6) is 0.0516. The highest BCUT2D eigenvalue weighted by atomic mass is 19.1. The summed E-state index contributed by atoms with van der Waals surface area (Å²) >= 11 is 0. The Kier molecular flexibility index (Phi) is 12.7. The minimum Gasteiger partial charge on any atom is -0.493 e. The van der Waals surface area contributed by atoms with Gasteiger partial charge in [0, 0.05) is 42.6 Å². The number of ether oxygens (including phenoxy) is 2. The quantitative estimate of drug-likeness (QED) is 0.216. The first-order valence-corrected chi connectivity index (χ1v) is 17.6. The number of benzene rings is 2. The Morgan fingerprint density at radius 1 is 1.06 bits per heavy atom. The summed E-state index contributed by atoms with van der Waals surface area (Å²) < 4.78 is 28.8. The highest BCUT2D eigenvalue weighted by molar-refractivity contribution is 5.80. The number of hydrogen-bond acceptors (Lipinski definition) is 7. The fraction of sp³-hybridized carbons (Fsp3) is 0.475. The molecule has 2 aromatic carbocycles. The van der Waals surface area contributed by atoms with Crippen LogP contribution < -0.4 is 9.64 Å². The molecule has 7 rings (SSSR count). The van der Waals surface area contributed by atoms with Crippen LogP contribution in [0, 0.1) is 24.1 Å². The van der Waals surface area contributed by atoms with Crippen LogP contribution in [0.25, 0.3) is 28.0 Å². The van der Waals surface area contributed by atoms with Gasteiger partial charge in [-0.1, -0.05) is 32.0 Å². The van der Waals surface area contributed by atoms with Crippen molar-refractivity contribution in [2.45, 2.75) is 98.2 Å². The van der Waals surface area contributed by atoms with Crippen LogP contribution in [0.5, 0.6) is 5.75 Å². The predicted octanol–water partition coefficient (Wildman–Crippen LogP) is 8.36. The number of carbonyl (C=O) groups is 1. The van der Waals surface area contributed by atoms with Crippen molar-refractivity contribution in [3.05, 3.63) is 71.2 Å². The molecule has 3 aliphatic heterocycles. The lowest BCUT2D eigenvalue weighted by Gasteiger charge is -2.41. The minimum atomic E-state index is -0.958. The number of piperidine rings is 1. The average Bonchev–Trinajstić information content (AvgIpc) is 3.50. The molecule has 4 aromatic rings. The van der Waals surface area contributed by atoms with E-state index in [1.54, 1.807) is 33.8 Å². The lowest BCUT2D eigenvalue weighted by molar-refractivity contribution is -0.136. The Labute approximate surface area is 295 Å². The van der Waals surface area contributed by atoms with E-state index in [0.29, 0.717) is 65.6 Å². The van der Waals surface area contributed by atoms with E-state index in [2.05, 4.69) is 17.9 Å². The number of carboxylic acid groups (broad SMARTS) is 1. The Balaban J connectivity index is 0.000000738. The van der Waals surface area contributed by atoms with Crippen molar-refractivity contribution in [1.82, 2.24) is 9.38 Å². The number of pyridine rings is 1. The lowest BCUT2D eigenvalue weighted by Crippen LogP contribution is -2.45. The van der Waals surface area contributed by atoms with Gasteiger partial charge >= 0.3 is 5.97 Å². The summed E-state index contributed by atoms with van der Waals surface area (Å²) in [6.45, 7) is 15.7. The summed E-state index contributed by atoms with van der Waals surface area (Å²) in [6, 6.07) is 14.5. The third-order valence-electron chi connectivity index (χ3n) is 8.72. The van der Waals surface area contributed by atoms with Crippen molar-refractivity contribution in [1.29, 1.82) is 5.26 Å². The van der Waals surface area contributed by atoms with Crippen molar-refractivity contribution in [3.63, 3.8) is 0 Å². The first-order valence-electron chi connectivity index (χ1n) is 17.6. The first kappa shape index (κ1) is 38.3. The van der Waals surface area contributed by atoms with Gasteiger partial charge in [-0.3, -0.25) is 9.20 Å². The van der Waals surface area contributed by atoms with Gasteiger partial charge in [-0.05, 0) is 102 Å². The zero-order chi connectivity index (χ0) is 36.6. The number of halogens is 1. The van der Waals surface area contributed by atoms with Crippen LogP contribution in [0.3, 0.4) is 0 Å². The molecule has 50 heavy (non-hydrogen) atoms. The fourth-order valence-corrected chi connectivity index (χ4v) is 6.25. The zero-order valence-electron chi connectivity index (χ0n) is 30.5. The van der Waals surface area contributed by atoms with E-state index in [1.807, 2.05) is 48.7 Å². The van der Waals surface area contributed by atoms with Gasteiger partial charge in [0.15, 0.2) is 5.65 Å². The molecule has 1 saturated heterocycles. The van der Waals surface area contributed by atoms with Gasteiger partial charge < -0.3 is 24.6 Å². The Morgan fingerprint density at radius 2 is 1.72 bits per heavy atom. The van der Waals surface area contributed by atoms with E-state index < -0.39 is 11.6 Å². The maximum atomic E-state index is 14.4.